The van der Waals surface area contributed by atoms with E-state index in [9.17, 15) is 0 Å². The number of nitrogens with zero attached hydrogens (tertiary/aromatic N) is 8. The molecule has 5 aromatic heterocycles. The maximum atomic E-state index is 5.07. The average molecular weight is 776 g/mol. The molecule has 0 aliphatic rings. The second-order valence-corrected chi connectivity index (χ2v) is 10.9. The summed E-state index contributed by atoms with van der Waals surface area (Å²) in [6.07, 6.45) is 9.27. The Bertz CT molecular complexity index is 2490. The molecule has 0 radical (unpaired) electrons. The van der Waals surface area contributed by atoms with Gasteiger partial charge in [-0.2, -0.15) is 10.2 Å². The molecule has 8 nitrogen and oxygen atoms in total. The topological polar surface area (TPSA) is 71.3 Å². The summed E-state index contributed by atoms with van der Waals surface area (Å²) in [5.41, 5.74) is 9.50. The van der Waals surface area contributed by atoms with E-state index in [-0.39, 0.29) is 21.1 Å². The van der Waals surface area contributed by atoms with E-state index in [2.05, 4.69) is 97.1 Å². The Kier molecular flexibility index (Phi) is 6.73. The van der Waals surface area contributed by atoms with Gasteiger partial charge in [-0.15, -0.1) is 53.6 Å². The van der Waals surface area contributed by atoms with E-state index >= 15 is 0 Å². The monoisotopic (exact) mass is 775 g/mol. The molecule has 4 aromatic carbocycles. The van der Waals surface area contributed by atoms with Crippen molar-refractivity contribution in [3.8, 4) is 39.7 Å². The van der Waals surface area contributed by atoms with E-state index in [1.54, 1.807) is 12.4 Å². The van der Waals surface area contributed by atoms with Gasteiger partial charge in [0.15, 0.2) is 0 Å². The molecule has 0 saturated carbocycles. The number of hydrogen-bond acceptors (Lipinski definition) is 4. The Hall–Kier alpha value is -5.59. The first kappa shape index (κ1) is 27.9. The summed E-state index contributed by atoms with van der Waals surface area (Å²) < 4.78 is 8.07. The first-order chi connectivity index (χ1) is 22.2. The van der Waals surface area contributed by atoms with Crippen molar-refractivity contribution >= 4 is 32.8 Å². The molecule has 0 aliphatic carbocycles. The smallest absolute Gasteiger partial charge is 0.367 e. The Morgan fingerprint density at radius 2 is 1.41 bits per heavy atom. The van der Waals surface area contributed by atoms with Gasteiger partial charge in [0, 0.05) is 43.5 Å². The molecule has 0 fully saturated rings. The first-order valence-corrected chi connectivity index (χ1v) is 14.6. The van der Waals surface area contributed by atoms with E-state index in [0.717, 1.165) is 72.5 Å². The third-order valence-corrected chi connectivity index (χ3v) is 8.26. The summed E-state index contributed by atoms with van der Waals surface area (Å²) in [5.74, 6) is 0.838. The van der Waals surface area contributed by atoms with Gasteiger partial charge < -0.3 is 14.1 Å². The zero-order valence-electron chi connectivity index (χ0n) is 24.5. The number of pyridine rings is 1. The van der Waals surface area contributed by atoms with Crippen LogP contribution in [0, 0.1) is 12.1 Å². The Balaban J connectivity index is 0.00000312. The Labute approximate surface area is 278 Å². The molecule has 0 unspecified atom stereocenters. The molecule has 0 atom stereocenters. The van der Waals surface area contributed by atoms with Gasteiger partial charge >= 0.3 is 21.1 Å². The zero-order chi connectivity index (χ0) is 29.9. The summed E-state index contributed by atoms with van der Waals surface area (Å²) in [7, 11) is 2.05. The fourth-order valence-electron chi connectivity index (χ4n) is 6.13. The minimum absolute atomic E-state index is 0. The van der Waals surface area contributed by atoms with Crippen LogP contribution in [0.15, 0.2) is 128 Å². The van der Waals surface area contributed by atoms with Crippen LogP contribution in [0.1, 0.15) is 0 Å². The first-order valence-electron chi connectivity index (χ1n) is 14.6. The number of hydrogen-bond donors (Lipinski definition) is 0. The fraction of sp³-hybridized carbons (Fsp3) is 0.0270. The van der Waals surface area contributed by atoms with Crippen LogP contribution in [0.3, 0.4) is 0 Å². The molecule has 0 N–H and O–H groups in total. The van der Waals surface area contributed by atoms with Crippen molar-refractivity contribution < 1.29 is 21.1 Å². The van der Waals surface area contributed by atoms with Gasteiger partial charge in [-0.3, -0.25) is 4.98 Å². The van der Waals surface area contributed by atoms with Crippen molar-refractivity contribution in [2.45, 2.75) is 0 Å². The van der Waals surface area contributed by atoms with Crippen LogP contribution in [0.4, 0.5) is 0 Å². The molecule has 0 spiro atoms. The maximum Gasteiger partial charge on any atom is 2.00 e. The van der Waals surface area contributed by atoms with Crippen LogP contribution in [0.25, 0.3) is 72.5 Å². The number of benzene rings is 4. The molecule has 222 valence electrons. The second kappa shape index (κ2) is 11.1. The van der Waals surface area contributed by atoms with Crippen molar-refractivity contribution in [2.75, 3.05) is 0 Å². The van der Waals surface area contributed by atoms with Gasteiger partial charge in [0.1, 0.15) is 0 Å². The SMILES string of the molecule is Cn1c(-c2[c-]c3c(cc2)c2cc(-n4cccn4)ccc2n3-c2[c-]c(-c3ccccn3)ccc2)nc2cc(-n3cccn3)ccc21.[Pt+2]. The zero-order valence-corrected chi connectivity index (χ0v) is 26.8. The van der Waals surface area contributed by atoms with E-state index in [1.165, 1.54) is 0 Å². The maximum absolute atomic E-state index is 5.07. The molecule has 0 amide bonds. The molecule has 9 rings (SSSR count). The third-order valence-electron chi connectivity index (χ3n) is 8.26. The molecule has 5 heterocycles. The van der Waals surface area contributed by atoms with Gasteiger partial charge in [-0.1, -0.05) is 17.5 Å². The molecule has 0 bridgehead atoms. The van der Waals surface area contributed by atoms with Crippen molar-refractivity contribution in [1.29, 1.82) is 0 Å². The van der Waals surface area contributed by atoms with E-state index in [0.29, 0.717) is 0 Å². The Morgan fingerprint density at radius 3 is 2.15 bits per heavy atom. The average Bonchev–Trinajstić information content (AvgIpc) is 3.91. The molecule has 9 heteroatoms. The van der Waals surface area contributed by atoms with Gasteiger partial charge in [-0.05, 0) is 76.9 Å². The van der Waals surface area contributed by atoms with Gasteiger partial charge in [-0.25, -0.2) is 9.36 Å². The summed E-state index contributed by atoms with van der Waals surface area (Å²) in [5, 5.41) is 11.0. The van der Waals surface area contributed by atoms with Crippen LogP contribution in [0.2, 0.25) is 0 Å². The normalized spacial score (nSPS) is 11.4. The van der Waals surface area contributed by atoms with Crippen LogP contribution in [0.5, 0.6) is 0 Å². The Morgan fingerprint density at radius 1 is 0.630 bits per heavy atom. The van der Waals surface area contributed by atoms with Gasteiger partial charge in [0.2, 0.25) is 0 Å². The molecular formula is C37H24N8Pt. The second-order valence-electron chi connectivity index (χ2n) is 10.9. The van der Waals surface area contributed by atoms with Crippen molar-refractivity contribution in [2.24, 2.45) is 7.05 Å². The predicted molar refractivity (Wildman–Crippen MR) is 176 cm³/mol. The fourth-order valence-corrected chi connectivity index (χ4v) is 6.13. The number of rotatable bonds is 5. The minimum Gasteiger partial charge on any atom is -0.367 e. The third kappa shape index (κ3) is 4.49. The van der Waals surface area contributed by atoms with Gasteiger partial charge in [0.05, 0.1) is 28.2 Å². The quantitative estimate of drug-likeness (QED) is 0.171. The molecule has 9 aromatic rings. The number of imidazole rings is 1. The van der Waals surface area contributed by atoms with Gasteiger partial charge in [0.25, 0.3) is 0 Å². The summed E-state index contributed by atoms with van der Waals surface area (Å²) in [6.45, 7) is 0. The molecule has 0 aliphatic heterocycles. The van der Waals surface area contributed by atoms with Crippen molar-refractivity contribution in [1.82, 2.24) is 38.7 Å². The van der Waals surface area contributed by atoms with Crippen LogP contribution >= 0.6 is 0 Å². The predicted octanol–water partition coefficient (Wildman–Crippen LogP) is 7.37. The van der Waals surface area contributed by atoms with Crippen LogP contribution < -0.4 is 0 Å². The summed E-state index contributed by atoms with van der Waals surface area (Å²) in [4.78, 5) is 9.64. The van der Waals surface area contributed by atoms with Crippen LogP contribution in [-0.2, 0) is 28.1 Å². The van der Waals surface area contributed by atoms with E-state index in [4.69, 9.17) is 4.98 Å². The standard InChI is InChI=1S/C37H24N8.Pt/c1-42-35-15-12-28(44-20-6-18-40-44)24-33(35)41-37(42)26-10-13-30-31-23-27(43-19-5-17-39-43)11-14-34(31)45(36(30)22-26)29-8-4-7-25(21-29)32-9-2-3-16-38-32;/h2-20,23-24H,1H3;/q-2;+2. The van der Waals surface area contributed by atoms with Crippen molar-refractivity contribution in [3.63, 3.8) is 0 Å². The number of aromatic nitrogens is 8. The number of aryl methyl sites for hydroxylation is 1. The molecule has 46 heavy (non-hydrogen) atoms. The van der Waals surface area contributed by atoms with Crippen LogP contribution in [-0.4, -0.2) is 38.7 Å². The van der Waals surface area contributed by atoms with E-state index < -0.39 is 0 Å². The number of fused-ring (bicyclic) bond motifs is 4. The molecule has 0 saturated heterocycles. The molecular weight excluding hydrogens is 752 g/mol. The van der Waals surface area contributed by atoms with Crippen molar-refractivity contribution in [3.05, 3.63) is 140 Å². The largest absolute Gasteiger partial charge is 2.00 e. The summed E-state index contributed by atoms with van der Waals surface area (Å²) >= 11 is 0. The van der Waals surface area contributed by atoms with E-state index in [1.807, 2.05) is 71.4 Å². The summed E-state index contributed by atoms with van der Waals surface area (Å²) in [6, 6.07) is 40.3. The minimum atomic E-state index is 0.